The summed E-state index contributed by atoms with van der Waals surface area (Å²) in [6.45, 7) is 1.34. The number of thiazole rings is 1. The van der Waals surface area contributed by atoms with Gasteiger partial charge in [0.05, 0.1) is 29.5 Å². The molecule has 1 amide bonds. The summed E-state index contributed by atoms with van der Waals surface area (Å²) in [5.74, 6) is 0.949. The Morgan fingerprint density at radius 3 is 2.85 bits per heavy atom. The van der Waals surface area contributed by atoms with Gasteiger partial charge >= 0.3 is 0 Å². The summed E-state index contributed by atoms with van der Waals surface area (Å²) in [6, 6.07) is 3.63. The summed E-state index contributed by atoms with van der Waals surface area (Å²) in [4.78, 5) is 19.8. The van der Waals surface area contributed by atoms with E-state index in [9.17, 15) is 4.79 Å². The molecule has 0 N–H and O–H groups in total. The highest BCUT2D eigenvalue weighted by Crippen LogP contribution is 2.40. The maximum atomic E-state index is 13.2. The molecule has 0 spiro atoms. The van der Waals surface area contributed by atoms with Gasteiger partial charge in [0.25, 0.3) is 0 Å². The topological polar surface area (TPSA) is 51.7 Å². The van der Waals surface area contributed by atoms with E-state index in [0.717, 1.165) is 55.3 Å². The molecule has 0 radical (unpaired) electrons. The standard InChI is InChI=1S/C19H23ClN2O3S/c1-24-15-9-8-14(20)17-16(15)21-19(26-17)22(11-13-7-4-10-25-13)18(23)12-5-2-3-6-12/h8-9,12-13H,2-7,10-11H2,1H3/t13-/m0/s1. The van der Waals surface area contributed by atoms with Crippen LogP contribution < -0.4 is 9.64 Å². The average molecular weight is 395 g/mol. The summed E-state index contributed by atoms with van der Waals surface area (Å²) in [5, 5.41) is 1.33. The molecule has 0 unspecified atom stereocenters. The first-order valence-corrected chi connectivity index (χ1v) is 10.4. The van der Waals surface area contributed by atoms with Gasteiger partial charge in [-0.25, -0.2) is 4.98 Å². The van der Waals surface area contributed by atoms with Crippen LogP contribution in [0.15, 0.2) is 12.1 Å². The Morgan fingerprint density at radius 1 is 1.35 bits per heavy atom. The number of amides is 1. The van der Waals surface area contributed by atoms with Crippen LogP contribution in [0, 0.1) is 5.92 Å². The minimum atomic E-state index is 0.0877. The Labute approximate surface area is 162 Å². The molecule has 5 nitrogen and oxygen atoms in total. The van der Waals surface area contributed by atoms with Gasteiger partial charge in [0.15, 0.2) is 5.13 Å². The number of hydrogen-bond acceptors (Lipinski definition) is 5. The highest BCUT2D eigenvalue weighted by Gasteiger charge is 2.32. The molecule has 26 heavy (non-hydrogen) atoms. The van der Waals surface area contributed by atoms with Crippen LogP contribution in [-0.2, 0) is 9.53 Å². The normalized spacial score (nSPS) is 20.8. The Morgan fingerprint density at radius 2 is 2.15 bits per heavy atom. The van der Waals surface area contributed by atoms with Crippen molar-refractivity contribution in [2.45, 2.75) is 44.6 Å². The van der Waals surface area contributed by atoms with Gasteiger partial charge in [-0.1, -0.05) is 35.8 Å². The van der Waals surface area contributed by atoms with Crippen LogP contribution in [0.4, 0.5) is 5.13 Å². The Balaban J connectivity index is 1.71. The fourth-order valence-corrected chi connectivity index (χ4v) is 5.14. The highest BCUT2D eigenvalue weighted by atomic mass is 35.5. The van der Waals surface area contributed by atoms with E-state index >= 15 is 0 Å². The molecule has 1 saturated heterocycles. The quantitative estimate of drug-likeness (QED) is 0.740. The van der Waals surface area contributed by atoms with E-state index in [-0.39, 0.29) is 17.9 Å². The van der Waals surface area contributed by atoms with Gasteiger partial charge in [0.1, 0.15) is 11.3 Å². The second kappa shape index (κ2) is 7.71. The number of hydrogen-bond donors (Lipinski definition) is 0. The molecule has 2 aromatic rings. The number of ether oxygens (including phenoxy) is 2. The molecule has 140 valence electrons. The first-order chi connectivity index (χ1) is 12.7. The number of carbonyl (C=O) groups is 1. The van der Waals surface area contributed by atoms with Crippen molar-refractivity contribution in [1.29, 1.82) is 0 Å². The number of nitrogens with zero attached hydrogens (tertiary/aromatic N) is 2. The van der Waals surface area contributed by atoms with Crippen molar-refractivity contribution in [3.8, 4) is 5.75 Å². The number of anilines is 1. The molecule has 1 atom stereocenters. The minimum absolute atomic E-state index is 0.0877. The number of rotatable bonds is 5. The monoisotopic (exact) mass is 394 g/mol. The fraction of sp³-hybridized carbons (Fsp3) is 0.579. The number of aromatic nitrogens is 1. The van der Waals surface area contributed by atoms with Gasteiger partial charge in [0, 0.05) is 12.5 Å². The van der Waals surface area contributed by atoms with Gasteiger partial charge < -0.3 is 9.47 Å². The molecule has 4 rings (SSSR count). The molecule has 1 aromatic heterocycles. The van der Waals surface area contributed by atoms with E-state index in [0.29, 0.717) is 22.4 Å². The Kier molecular flexibility index (Phi) is 5.34. The molecule has 0 bridgehead atoms. The van der Waals surface area contributed by atoms with Crippen LogP contribution in [0.25, 0.3) is 10.2 Å². The summed E-state index contributed by atoms with van der Waals surface area (Å²) in [5.41, 5.74) is 0.719. The lowest BCUT2D eigenvalue weighted by molar-refractivity contribution is -0.122. The molecular weight excluding hydrogens is 372 g/mol. The maximum Gasteiger partial charge on any atom is 0.231 e. The lowest BCUT2D eigenvalue weighted by Crippen LogP contribution is -2.40. The molecule has 2 heterocycles. The van der Waals surface area contributed by atoms with Gasteiger partial charge in [-0.2, -0.15) is 0 Å². The predicted molar refractivity (Wildman–Crippen MR) is 104 cm³/mol. The van der Waals surface area contributed by atoms with Crippen LogP contribution in [-0.4, -0.2) is 37.3 Å². The zero-order chi connectivity index (χ0) is 18.1. The highest BCUT2D eigenvalue weighted by molar-refractivity contribution is 7.23. The average Bonchev–Trinajstić information content (AvgIpc) is 3.40. The predicted octanol–water partition coefficient (Wildman–Crippen LogP) is 4.66. The lowest BCUT2D eigenvalue weighted by atomic mass is 10.1. The molecular formula is C19H23ClN2O3S. The second-order valence-electron chi connectivity index (χ2n) is 6.99. The lowest BCUT2D eigenvalue weighted by Gasteiger charge is -2.25. The summed E-state index contributed by atoms with van der Waals surface area (Å²) in [7, 11) is 1.62. The largest absolute Gasteiger partial charge is 0.494 e. The van der Waals surface area contributed by atoms with Gasteiger partial charge in [-0.05, 0) is 37.8 Å². The fourth-order valence-electron chi connectivity index (χ4n) is 3.87. The zero-order valence-corrected chi connectivity index (χ0v) is 16.4. The number of methoxy groups -OCH3 is 1. The van der Waals surface area contributed by atoms with E-state index in [1.54, 1.807) is 7.11 Å². The number of benzene rings is 1. The van der Waals surface area contributed by atoms with Crippen molar-refractivity contribution in [1.82, 2.24) is 4.98 Å². The molecule has 2 aliphatic rings. The van der Waals surface area contributed by atoms with E-state index in [1.807, 2.05) is 17.0 Å². The van der Waals surface area contributed by atoms with Crippen molar-refractivity contribution < 1.29 is 14.3 Å². The third kappa shape index (κ3) is 3.42. The van der Waals surface area contributed by atoms with E-state index in [1.165, 1.54) is 11.3 Å². The summed E-state index contributed by atoms with van der Waals surface area (Å²) >= 11 is 7.83. The summed E-state index contributed by atoms with van der Waals surface area (Å²) < 4.78 is 12.1. The van der Waals surface area contributed by atoms with Gasteiger partial charge in [-0.3, -0.25) is 9.69 Å². The first-order valence-electron chi connectivity index (χ1n) is 9.23. The number of fused-ring (bicyclic) bond motifs is 1. The number of carbonyl (C=O) groups excluding carboxylic acids is 1. The van der Waals surface area contributed by atoms with Crippen molar-refractivity contribution in [2.24, 2.45) is 5.92 Å². The minimum Gasteiger partial charge on any atom is -0.494 e. The second-order valence-corrected chi connectivity index (χ2v) is 8.37. The first kappa shape index (κ1) is 18.0. The van der Waals surface area contributed by atoms with Crippen LogP contribution in [0.3, 0.4) is 0 Å². The molecule has 2 fully saturated rings. The maximum absolute atomic E-state index is 13.2. The number of halogens is 1. The smallest absolute Gasteiger partial charge is 0.231 e. The van der Waals surface area contributed by atoms with Gasteiger partial charge in [-0.15, -0.1) is 0 Å². The SMILES string of the molecule is COc1ccc(Cl)c2sc(N(C[C@@H]3CCCO3)C(=O)C3CCCC3)nc12. The van der Waals surface area contributed by atoms with Crippen LogP contribution >= 0.6 is 22.9 Å². The van der Waals surface area contributed by atoms with E-state index < -0.39 is 0 Å². The molecule has 1 aliphatic carbocycles. The van der Waals surface area contributed by atoms with Crippen LogP contribution in [0.5, 0.6) is 5.75 Å². The van der Waals surface area contributed by atoms with Crippen molar-refractivity contribution in [3.05, 3.63) is 17.2 Å². The third-order valence-corrected chi connectivity index (χ3v) is 6.82. The molecule has 7 heteroatoms. The Bertz CT molecular complexity index is 797. The van der Waals surface area contributed by atoms with Crippen molar-refractivity contribution in [2.75, 3.05) is 25.2 Å². The van der Waals surface area contributed by atoms with Gasteiger partial charge in [0.2, 0.25) is 5.91 Å². The third-order valence-electron chi connectivity index (χ3n) is 5.28. The zero-order valence-electron chi connectivity index (χ0n) is 14.9. The Hall–Kier alpha value is -1.37. The summed E-state index contributed by atoms with van der Waals surface area (Å²) in [6.07, 6.45) is 6.32. The molecule has 1 aromatic carbocycles. The van der Waals surface area contributed by atoms with Crippen LogP contribution in [0.2, 0.25) is 5.02 Å². The van der Waals surface area contributed by atoms with E-state index in [2.05, 4.69) is 0 Å². The van der Waals surface area contributed by atoms with Crippen molar-refractivity contribution >= 4 is 44.2 Å². The van der Waals surface area contributed by atoms with E-state index in [4.69, 9.17) is 26.1 Å². The molecule has 1 saturated carbocycles. The van der Waals surface area contributed by atoms with Crippen LogP contribution in [0.1, 0.15) is 38.5 Å². The molecule has 1 aliphatic heterocycles. The van der Waals surface area contributed by atoms with Crippen molar-refractivity contribution in [3.63, 3.8) is 0 Å².